The summed E-state index contributed by atoms with van der Waals surface area (Å²) in [6.07, 6.45) is 0. The number of anilines is 2. The lowest BCUT2D eigenvalue weighted by Gasteiger charge is -2.09. The van der Waals surface area contributed by atoms with Gasteiger partial charge in [0.05, 0.1) is 23.8 Å². The van der Waals surface area contributed by atoms with Crippen LogP contribution in [0.4, 0.5) is 10.8 Å². The van der Waals surface area contributed by atoms with Crippen LogP contribution in [0.2, 0.25) is 0 Å². The maximum atomic E-state index is 12.3. The molecule has 0 saturated carbocycles. The molecule has 24 heavy (non-hydrogen) atoms. The van der Waals surface area contributed by atoms with E-state index in [0.717, 1.165) is 11.2 Å². The number of nitrogens with one attached hydrogen (secondary N) is 1. The van der Waals surface area contributed by atoms with E-state index in [2.05, 4.69) is 20.3 Å². The molecule has 0 radical (unpaired) electrons. The van der Waals surface area contributed by atoms with E-state index in [1.165, 1.54) is 11.3 Å². The number of aromatic nitrogens is 3. The van der Waals surface area contributed by atoms with Gasteiger partial charge in [0, 0.05) is 0 Å². The molecule has 118 valence electrons. The van der Waals surface area contributed by atoms with Gasteiger partial charge in [-0.2, -0.15) is 4.98 Å². The van der Waals surface area contributed by atoms with Gasteiger partial charge in [0.2, 0.25) is 0 Å². The SMILES string of the molecule is COc1ccccc1Nc1nc(=O)c2nc3ccccc3nc2s1. The van der Waals surface area contributed by atoms with E-state index >= 15 is 0 Å². The molecule has 0 atom stereocenters. The highest BCUT2D eigenvalue weighted by Crippen LogP contribution is 2.29. The van der Waals surface area contributed by atoms with Crippen molar-refractivity contribution in [3.05, 3.63) is 58.9 Å². The zero-order valence-corrected chi connectivity index (χ0v) is 13.5. The van der Waals surface area contributed by atoms with Crippen LogP contribution in [-0.2, 0) is 0 Å². The quantitative estimate of drug-likeness (QED) is 0.578. The highest BCUT2D eigenvalue weighted by molar-refractivity contribution is 7.21. The number of fused-ring (bicyclic) bond motifs is 2. The predicted molar refractivity (Wildman–Crippen MR) is 95.3 cm³/mol. The van der Waals surface area contributed by atoms with Crippen molar-refractivity contribution in [2.45, 2.75) is 0 Å². The van der Waals surface area contributed by atoms with Crippen LogP contribution in [0, 0.1) is 0 Å². The Morgan fingerprint density at radius 2 is 1.67 bits per heavy atom. The summed E-state index contributed by atoms with van der Waals surface area (Å²) in [7, 11) is 1.59. The fourth-order valence-corrected chi connectivity index (χ4v) is 3.22. The summed E-state index contributed by atoms with van der Waals surface area (Å²) >= 11 is 1.28. The fraction of sp³-hybridized carbons (Fsp3) is 0.0588. The Morgan fingerprint density at radius 1 is 0.958 bits per heavy atom. The average molecular weight is 336 g/mol. The molecule has 0 unspecified atom stereocenters. The van der Waals surface area contributed by atoms with Gasteiger partial charge in [-0.1, -0.05) is 35.6 Å². The third kappa shape index (κ3) is 2.55. The highest BCUT2D eigenvalue weighted by Gasteiger charge is 2.10. The summed E-state index contributed by atoms with van der Waals surface area (Å²) in [6.45, 7) is 0. The summed E-state index contributed by atoms with van der Waals surface area (Å²) in [5.41, 5.74) is 2.04. The fourth-order valence-electron chi connectivity index (χ4n) is 2.37. The molecule has 1 N–H and O–H groups in total. The highest BCUT2D eigenvalue weighted by atomic mass is 32.1. The van der Waals surface area contributed by atoms with Crippen molar-refractivity contribution in [3.8, 4) is 5.75 Å². The van der Waals surface area contributed by atoms with Gasteiger partial charge in [-0.05, 0) is 24.3 Å². The summed E-state index contributed by atoms with van der Waals surface area (Å²) in [6, 6.07) is 14.9. The summed E-state index contributed by atoms with van der Waals surface area (Å²) in [4.78, 5) is 25.8. The summed E-state index contributed by atoms with van der Waals surface area (Å²) < 4.78 is 5.30. The van der Waals surface area contributed by atoms with Crippen LogP contribution in [0.5, 0.6) is 5.75 Å². The predicted octanol–water partition coefficient (Wildman–Crippen LogP) is 3.35. The third-order valence-electron chi connectivity index (χ3n) is 3.49. The van der Waals surface area contributed by atoms with Crippen LogP contribution < -0.4 is 15.6 Å². The minimum absolute atomic E-state index is 0.282. The van der Waals surface area contributed by atoms with Gasteiger partial charge < -0.3 is 10.1 Å². The molecule has 2 aromatic carbocycles. The molecule has 0 aliphatic rings. The van der Waals surface area contributed by atoms with E-state index in [-0.39, 0.29) is 5.52 Å². The average Bonchev–Trinajstić information content (AvgIpc) is 2.61. The molecule has 0 amide bonds. The zero-order chi connectivity index (χ0) is 16.5. The van der Waals surface area contributed by atoms with E-state index in [0.29, 0.717) is 21.2 Å². The zero-order valence-electron chi connectivity index (χ0n) is 12.7. The minimum atomic E-state index is -0.403. The van der Waals surface area contributed by atoms with E-state index in [1.807, 2.05) is 48.5 Å². The number of rotatable bonds is 3. The summed E-state index contributed by atoms with van der Waals surface area (Å²) in [5, 5.41) is 3.57. The molecule has 0 bridgehead atoms. The van der Waals surface area contributed by atoms with Crippen molar-refractivity contribution in [2.24, 2.45) is 0 Å². The van der Waals surface area contributed by atoms with Crippen molar-refractivity contribution >= 4 is 43.5 Å². The van der Waals surface area contributed by atoms with Crippen molar-refractivity contribution in [1.82, 2.24) is 15.0 Å². The van der Waals surface area contributed by atoms with Gasteiger partial charge in [0.1, 0.15) is 5.75 Å². The van der Waals surface area contributed by atoms with Crippen LogP contribution in [0.1, 0.15) is 0 Å². The lowest BCUT2D eigenvalue weighted by Crippen LogP contribution is -2.10. The van der Waals surface area contributed by atoms with Crippen LogP contribution in [0.25, 0.3) is 21.4 Å². The molecule has 4 aromatic rings. The molecule has 2 heterocycles. The minimum Gasteiger partial charge on any atom is -0.495 e. The van der Waals surface area contributed by atoms with E-state index in [1.54, 1.807) is 7.11 Å². The molecule has 2 aromatic heterocycles. The van der Waals surface area contributed by atoms with Crippen LogP contribution >= 0.6 is 11.3 Å². The number of para-hydroxylation sites is 4. The van der Waals surface area contributed by atoms with E-state index in [4.69, 9.17) is 4.74 Å². The number of ether oxygens (including phenoxy) is 1. The van der Waals surface area contributed by atoms with Gasteiger partial charge in [-0.25, -0.2) is 9.97 Å². The monoisotopic (exact) mass is 336 g/mol. The molecule has 0 aliphatic carbocycles. The first-order valence-electron chi connectivity index (χ1n) is 7.22. The van der Waals surface area contributed by atoms with Crippen LogP contribution in [0.3, 0.4) is 0 Å². The second-order valence-electron chi connectivity index (χ2n) is 5.02. The maximum Gasteiger partial charge on any atom is 0.301 e. The maximum absolute atomic E-state index is 12.3. The number of hydrogen-bond donors (Lipinski definition) is 1. The molecule has 0 aliphatic heterocycles. The molecule has 0 saturated heterocycles. The Labute approximate surface area is 140 Å². The van der Waals surface area contributed by atoms with Crippen LogP contribution in [0.15, 0.2) is 53.3 Å². The van der Waals surface area contributed by atoms with Gasteiger partial charge >= 0.3 is 5.56 Å². The van der Waals surface area contributed by atoms with Crippen LogP contribution in [-0.4, -0.2) is 22.1 Å². The lowest BCUT2D eigenvalue weighted by atomic mass is 10.3. The molecule has 0 spiro atoms. The first-order chi connectivity index (χ1) is 11.7. The Hall–Kier alpha value is -3.06. The first-order valence-corrected chi connectivity index (χ1v) is 8.04. The Morgan fingerprint density at radius 3 is 2.46 bits per heavy atom. The standard InChI is InChI=1S/C17H12N4O2S/c1-23-13-9-5-4-8-12(13)20-17-21-15(22)14-16(24-17)19-11-7-3-2-6-10(11)18-14/h2-9H,1H3,(H,20,21,22). The van der Waals surface area contributed by atoms with Gasteiger partial charge in [0.15, 0.2) is 15.5 Å². The van der Waals surface area contributed by atoms with Crippen molar-refractivity contribution in [1.29, 1.82) is 0 Å². The number of methoxy groups -OCH3 is 1. The second kappa shape index (κ2) is 5.86. The molecule has 6 nitrogen and oxygen atoms in total. The van der Waals surface area contributed by atoms with E-state index in [9.17, 15) is 4.79 Å². The Balaban J connectivity index is 1.85. The van der Waals surface area contributed by atoms with Gasteiger partial charge in [0.25, 0.3) is 0 Å². The molecular weight excluding hydrogens is 324 g/mol. The lowest BCUT2D eigenvalue weighted by molar-refractivity contribution is 0.417. The van der Waals surface area contributed by atoms with Crippen molar-refractivity contribution in [3.63, 3.8) is 0 Å². The topological polar surface area (TPSA) is 77.0 Å². The Bertz CT molecular complexity index is 1110. The normalized spacial score (nSPS) is 10.9. The van der Waals surface area contributed by atoms with E-state index < -0.39 is 5.56 Å². The Kier molecular flexibility index (Phi) is 3.55. The van der Waals surface area contributed by atoms with Crippen molar-refractivity contribution < 1.29 is 4.74 Å². The molecule has 4 rings (SSSR count). The first kappa shape index (κ1) is 14.5. The number of hydrogen-bond acceptors (Lipinski definition) is 7. The van der Waals surface area contributed by atoms with Gasteiger partial charge in [-0.15, -0.1) is 0 Å². The second-order valence-corrected chi connectivity index (χ2v) is 5.99. The van der Waals surface area contributed by atoms with Gasteiger partial charge in [-0.3, -0.25) is 4.79 Å². The smallest absolute Gasteiger partial charge is 0.301 e. The molecule has 7 heteroatoms. The number of nitrogens with zero attached hydrogens (tertiary/aromatic N) is 3. The molecular formula is C17H12N4O2S. The number of benzene rings is 2. The largest absolute Gasteiger partial charge is 0.495 e. The third-order valence-corrected chi connectivity index (χ3v) is 4.35. The van der Waals surface area contributed by atoms with Crippen molar-refractivity contribution in [2.75, 3.05) is 12.4 Å². The molecule has 0 fully saturated rings. The summed E-state index contributed by atoms with van der Waals surface area (Å²) in [5.74, 6) is 0.670.